The number of piperidine rings is 1. The second-order valence-corrected chi connectivity index (χ2v) is 7.92. The fourth-order valence-electron chi connectivity index (χ4n) is 4.33. The van der Waals surface area contributed by atoms with Crippen LogP contribution < -0.4 is 15.5 Å². The van der Waals surface area contributed by atoms with Gasteiger partial charge in [0.25, 0.3) is 0 Å². The molecule has 0 radical (unpaired) electrons. The van der Waals surface area contributed by atoms with Gasteiger partial charge in [0.05, 0.1) is 6.61 Å². The number of hydrogen-bond donors (Lipinski definition) is 2. The van der Waals surface area contributed by atoms with Crippen molar-refractivity contribution in [2.24, 2.45) is 5.41 Å². The Morgan fingerprint density at radius 1 is 1.29 bits per heavy atom. The van der Waals surface area contributed by atoms with Crippen molar-refractivity contribution in [2.45, 2.75) is 45.1 Å². The molecular formula is C21H35Cl2N3O2. The van der Waals surface area contributed by atoms with Crippen molar-refractivity contribution in [1.82, 2.24) is 10.6 Å². The molecule has 1 aromatic carbocycles. The maximum Gasteiger partial charge on any atom is 0.221 e. The number of amides is 1. The van der Waals surface area contributed by atoms with Crippen LogP contribution in [-0.4, -0.2) is 51.8 Å². The number of benzene rings is 1. The van der Waals surface area contributed by atoms with Crippen molar-refractivity contribution < 1.29 is 9.53 Å². The van der Waals surface area contributed by atoms with Crippen LogP contribution in [-0.2, 0) is 16.0 Å². The Kier molecular flexibility index (Phi) is 10.6. The van der Waals surface area contributed by atoms with E-state index in [1.54, 1.807) is 7.11 Å². The molecule has 1 saturated heterocycles. The highest BCUT2D eigenvalue weighted by molar-refractivity contribution is 5.85. The number of aryl methyl sites for hydroxylation is 1. The molecule has 2 heterocycles. The summed E-state index contributed by atoms with van der Waals surface area (Å²) >= 11 is 0. The van der Waals surface area contributed by atoms with E-state index < -0.39 is 0 Å². The SMILES string of the molecule is COCC1(CNC(=O)CCN2c3ccccc3CCC2C)CCNCC1.Cl.Cl. The maximum absolute atomic E-state index is 12.5. The van der Waals surface area contributed by atoms with E-state index in [2.05, 4.69) is 46.7 Å². The number of carbonyl (C=O) groups excluding carboxylic acids is 1. The van der Waals surface area contributed by atoms with Crippen molar-refractivity contribution >= 4 is 36.4 Å². The summed E-state index contributed by atoms with van der Waals surface area (Å²) in [6.45, 7) is 6.47. The zero-order chi connectivity index (χ0) is 18.4. The number of nitrogens with one attached hydrogen (secondary N) is 2. The Morgan fingerprint density at radius 2 is 2.00 bits per heavy atom. The van der Waals surface area contributed by atoms with E-state index in [1.807, 2.05) is 0 Å². The molecule has 1 amide bonds. The molecule has 1 fully saturated rings. The average Bonchev–Trinajstić information content (AvgIpc) is 2.67. The van der Waals surface area contributed by atoms with Gasteiger partial charge in [-0.15, -0.1) is 24.8 Å². The molecule has 2 N–H and O–H groups in total. The number of carbonyl (C=O) groups is 1. The minimum atomic E-state index is 0. The molecule has 1 atom stereocenters. The Bertz CT molecular complexity index is 604. The number of anilines is 1. The van der Waals surface area contributed by atoms with Gasteiger partial charge in [-0.05, 0) is 57.3 Å². The predicted molar refractivity (Wildman–Crippen MR) is 120 cm³/mol. The van der Waals surface area contributed by atoms with E-state index in [0.29, 0.717) is 25.6 Å². The van der Waals surface area contributed by atoms with E-state index in [1.165, 1.54) is 11.3 Å². The lowest BCUT2D eigenvalue weighted by atomic mass is 9.79. The van der Waals surface area contributed by atoms with Crippen molar-refractivity contribution in [3.05, 3.63) is 29.8 Å². The Morgan fingerprint density at radius 3 is 2.71 bits per heavy atom. The van der Waals surface area contributed by atoms with E-state index in [9.17, 15) is 4.79 Å². The van der Waals surface area contributed by atoms with Crippen LogP contribution in [0.2, 0.25) is 0 Å². The predicted octanol–water partition coefficient (Wildman–Crippen LogP) is 3.19. The lowest BCUT2D eigenvalue weighted by Gasteiger charge is -2.38. The van der Waals surface area contributed by atoms with E-state index in [4.69, 9.17) is 4.74 Å². The van der Waals surface area contributed by atoms with Crippen LogP contribution in [0.25, 0.3) is 0 Å². The normalized spacial score (nSPS) is 20.4. The van der Waals surface area contributed by atoms with Gasteiger partial charge in [-0.3, -0.25) is 4.79 Å². The minimum Gasteiger partial charge on any atom is -0.384 e. The summed E-state index contributed by atoms with van der Waals surface area (Å²) in [5, 5.41) is 6.58. The number of ether oxygens (including phenoxy) is 1. The first kappa shape index (κ1) is 25.0. The highest BCUT2D eigenvalue weighted by atomic mass is 35.5. The maximum atomic E-state index is 12.5. The summed E-state index contributed by atoms with van der Waals surface area (Å²) in [6.07, 6.45) is 4.94. The molecule has 2 aliphatic rings. The zero-order valence-corrected chi connectivity index (χ0v) is 18.7. The van der Waals surface area contributed by atoms with Crippen LogP contribution in [0.4, 0.5) is 5.69 Å². The second kappa shape index (κ2) is 11.9. The number of halogens is 2. The van der Waals surface area contributed by atoms with Crippen molar-refractivity contribution in [2.75, 3.05) is 44.8 Å². The van der Waals surface area contributed by atoms with Gasteiger partial charge in [0, 0.05) is 43.8 Å². The lowest BCUT2D eigenvalue weighted by Crippen LogP contribution is -2.47. The molecule has 3 rings (SSSR count). The van der Waals surface area contributed by atoms with Crippen LogP contribution in [0.5, 0.6) is 0 Å². The number of methoxy groups -OCH3 is 1. The molecule has 0 saturated carbocycles. The number of rotatable bonds is 7. The highest BCUT2D eigenvalue weighted by Crippen LogP contribution is 2.31. The molecule has 1 aromatic rings. The third-order valence-electron chi connectivity index (χ3n) is 6.02. The number of para-hydroxylation sites is 1. The standard InChI is InChI=1S/C21H33N3O2.2ClH/c1-17-7-8-18-5-3-4-6-19(18)24(17)14-9-20(25)23-15-21(16-26-2)10-12-22-13-11-21;;/h3-6,17,22H,7-16H2,1-2H3,(H,23,25);2*1H. The molecule has 2 aliphatic heterocycles. The second-order valence-electron chi connectivity index (χ2n) is 7.92. The van der Waals surface area contributed by atoms with E-state index in [-0.39, 0.29) is 36.1 Å². The van der Waals surface area contributed by atoms with E-state index >= 15 is 0 Å². The van der Waals surface area contributed by atoms with Crippen LogP contribution in [0.1, 0.15) is 38.2 Å². The molecule has 7 heteroatoms. The van der Waals surface area contributed by atoms with Crippen LogP contribution >= 0.6 is 24.8 Å². The molecule has 0 aliphatic carbocycles. The van der Waals surface area contributed by atoms with Gasteiger partial charge in [0.15, 0.2) is 0 Å². The third-order valence-corrected chi connectivity index (χ3v) is 6.02. The summed E-state index contributed by atoms with van der Waals surface area (Å²) in [5.74, 6) is 0.147. The number of nitrogens with zero attached hydrogens (tertiary/aromatic N) is 1. The lowest BCUT2D eigenvalue weighted by molar-refractivity contribution is -0.121. The fraction of sp³-hybridized carbons (Fsp3) is 0.667. The molecule has 28 heavy (non-hydrogen) atoms. The van der Waals surface area contributed by atoms with Crippen molar-refractivity contribution in [3.8, 4) is 0 Å². The molecule has 0 aromatic heterocycles. The van der Waals surface area contributed by atoms with Crippen molar-refractivity contribution in [1.29, 1.82) is 0 Å². The van der Waals surface area contributed by atoms with Gasteiger partial charge >= 0.3 is 0 Å². The molecule has 160 valence electrons. The monoisotopic (exact) mass is 431 g/mol. The van der Waals surface area contributed by atoms with Gasteiger partial charge in [-0.25, -0.2) is 0 Å². The Labute approximate surface area is 181 Å². The first-order chi connectivity index (χ1) is 12.6. The number of fused-ring (bicyclic) bond motifs is 1. The first-order valence-electron chi connectivity index (χ1n) is 9.94. The quantitative estimate of drug-likeness (QED) is 0.695. The Balaban J connectivity index is 0.00000196. The summed E-state index contributed by atoms with van der Waals surface area (Å²) < 4.78 is 5.44. The van der Waals surface area contributed by atoms with Gasteiger partial charge in [0.1, 0.15) is 0 Å². The average molecular weight is 432 g/mol. The zero-order valence-electron chi connectivity index (χ0n) is 17.0. The number of hydrogen-bond acceptors (Lipinski definition) is 4. The third kappa shape index (κ3) is 6.24. The summed E-state index contributed by atoms with van der Waals surface area (Å²) in [5.41, 5.74) is 2.79. The van der Waals surface area contributed by atoms with Crippen molar-refractivity contribution in [3.63, 3.8) is 0 Å². The van der Waals surface area contributed by atoms with Gasteiger partial charge in [-0.1, -0.05) is 18.2 Å². The van der Waals surface area contributed by atoms with Crippen LogP contribution in [0.3, 0.4) is 0 Å². The van der Waals surface area contributed by atoms with Gasteiger partial charge in [0.2, 0.25) is 5.91 Å². The molecule has 1 unspecified atom stereocenters. The van der Waals surface area contributed by atoms with E-state index in [0.717, 1.165) is 45.3 Å². The van der Waals surface area contributed by atoms with Crippen LogP contribution in [0, 0.1) is 5.41 Å². The Hall–Kier alpha value is -1.01. The van der Waals surface area contributed by atoms with Gasteiger partial charge < -0.3 is 20.3 Å². The van der Waals surface area contributed by atoms with Crippen LogP contribution in [0.15, 0.2) is 24.3 Å². The minimum absolute atomic E-state index is 0. The smallest absolute Gasteiger partial charge is 0.221 e. The fourth-order valence-corrected chi connectivity index (χ4v) is 4.33. The largest absolute Gasteiger partial charge is 0.384 e. The summed E-state index contributed by atoms with van der Waals surface area (Å²) in [4.78, 5) is 14.9. The van der Waals surface area contributed by atoms with Gasteiger partial charge in [-0.2, -0.15) is 0 Å². The molecule has 0 bridgehead atoms. The molecule has 5 nitrogen and oxygen atoms in total. The highest BCUT2D eigenvalue weighted by Gasteiger charge is 2.32. The molecular weight excluding hydrogens is 397 g/mol. The molecule has 0 spiro atoms. The first-order valence-corrected chi connectivity index (χ1v) is 9.94. The summed E-state index contributed by atoms with van der Waals surface area (Å²) in [7, 11) is 1.75. The topological polar surface area (TPSA) is 53.6 Å². The summed E-state index contributed by atoms with van der Waals surface area (Å²) in [6, 6.07) is 9.08.